The summed E-state index contributed by atoms with van der Waals surface area (Å²) in [5.41, 5.74) is 0. The monoisotopic (exact) mass is 278 g/mol. The maximum Gasteiger partial charge on any atom is 0.243 e. The second-order valence-corrected chi connectivity index (χ2v) is 6.37. The van der Waals surface area contributed by atoms with E-state index in [1.807, 2.05) is 6.07 Å². The van der Waals surface area contributed by atoms with E-state index in [-0.39, 0.29) is 4.90 Å². The summed E-state index contributed by atoms with van der Waals surface area (Å²) in [6.07, 6.45) is 6.66. The highest BCUT2D eigenvalue weighted by molar-refractivity contribution is 7.89. The second kappa shape index (κ2) is 4.75. The fourth-order valence-electron chi connectivity index (χ4n) is 1.69. The Morgan fingerprint density at radius 3 is 2.89 bits per heavy atom. The lowest BCUT2D eigenvalue weighted by atomic mass is 10.4. The highest BCUT2D eigenvalue weighted by Crippen LogP contribution is 2.28. The van der Waals surface area contributed by atoms with Crippen molar-refractivity contribution in [1.29, 1.82) is 0 Å². The smallest absolute Gasteiger partial charge is 0.237 e. The molecule has 0 spiro atoms. The van der Waals surface area contributed by atoms with Gasteiger partial charge in [0, 0.05) is 12.7 Å². The zero-order valence-electron chi connectivity index (χ0n) is 10.2. The van der Waals surface area contributed by atoms with E-state index in [9.17, 15) is 8.42 Å². The van der Waals surface area contributed by atoms with Crippen molar-refractivity contribution in [2.24, 2.45) is 5.92 Å². The number of hydrogen-bond acceptors (Lipinski definition) is 4. The predicted octanol–water partition coefficient (Wildman–Crippen LogP) is 0.956. The molecule has 1 saturated carbocycles. The number of aromatic nitrogens is 3. The molecule has 0 unspecified atom stereocenters. The Labute approximate surface area is 111 Å². The molecule has 19 heavy (non-hydrogen) atoms. The number of nitrogens with one attached hydrogen (secondary N) is 1. The molecule has 1 aliphatic carbocycles. The van der Waals surface area contributed by atoms with Crippen molar-refractivity contribution in [3.63, 3.8) is 0 Å². The van der Waals surface area contributed by atoms with E-state index in [0.29, 0.717) is 18.3 Å². The summed E-state index contributed by atoms with van der Waals surface area (Å²) < 4.78 is 28.1. The minimum atomic E-state index is -3.46. The van der Waals surface area contributed by atoms with E-state index >= 15 is 0 Å². The highest BCUT2D eigenvalue weighted by Gasteiger charge is 2.25. The van der Waals surface area contributed by atoms with Crippen molar-refractivity contribution in [2.45, 2.75) is 17.7 Å². The molecule has 7 heteroatoms. The van der Waals surface area contributed by atoms with Crippen LogP contribution in [0.5, 0.6) is 0 Å². The van der Waals surface area contributed by atoms with Gasteiger partial charge in [0.1, 0.15) is 4.90 Å². The molecule has 1 aliphatic rings. The Bertz CT molecular complexity index is 662. The first-order valence-electron chi connectivity index (χ1n) is 6.11. The van der Waals surface area contributed by atoms with Gasteiger partial charge in [-0.1, -0.05) is 6.07 Å². The first kappa shape index (κ1) is 12.3. The largest absolute Gasteiger partial charge is 0.243 e. The van der Waals surface area contributed by atoms with Crippen molar-refractivity contribution < 1.29 is 8.42 Å². The standard InChI is InChI=1S/C12H14N4O2S/c17-19(18,15-7-10-4-5-10)11-8-14-16(9-11)12-3-1-2-6-13-12/h1-3,6,8-10,15H,4-5,7H2. The van der Waals surface area contributed by atoms with Crippen LogP contribution in [0.15, 0.2) is 41.7 Å². The summed E-state index contributed by atoms with van der Waals surface area (Å²) in [4.78, 5) is 4.28. The minimum absolute atomic E-state index is 0.166. The van der Waals surface area contributed by atoms with Crippen molar-refractivity contribution >= 4 is 10.0 Å². The van der Waals surface area contributed by atoms with Crippen LogP contribution < -0.4 is 4.72 Å². The molecule has 2 aromatic heterocycles. The maximum absolute atomic E-state index is 12.0. The molecule has 0 amide bonds. The van der Waals surface area contributed by atoms with E-state index in [2.05, 4.69) is 14.8 Å². The lowest BCUT2D eigenvalue weighted by molar-refractivity contribution is 0.577. The molecule has 0 radical (unpaired) electrons. The minimum Gasteiger partial charge on any atom is -0.237 e. The zero-order chi connectivity index (χ0) is 13.3. The lowest BCUT2D eigenvalue weighted by Crippen LogP contribution is -2.25. The van der Waals surface area contributed by atoms with Gasteiger partial charge in [-0.15, -0.1) is 0 Å². The van der Waals surface area contributed by atoms with Gasteiger partial charge in [-0.3, -0.25) is 0 Å². The van der Waals surface area contributed by atoms with Crippen LogP contribution in [0.2, 0.25) is 0 Å². The maximum atomic E-state index is 12.0. The first-order chi connectivity index (χ1) is 9.15. The predicted molar refractivity (Wildman–Crippen MR) is 69.3 cm³/mol. The zero-order valence-corrected chi connectivity index (χ0v) is 11.0. The van der Waals surface area contributed by atoms with Crippen molar-refractivity contribution in [3.05, 3.63) is 36.8 Å². The molecule has 0 aliphatic heterocycles. The van der Waals surface area contributed by atoms with E-state index in [4.69, 9.17) is 0 Å². The fraction of sp³-hybridized carbons (Fsp3) is 0.333. The molecule has 2 heterocycles. The molecule has 1 fully saturated rings. The van der Waals surface area contributed by atoms with Gasteiger partial charge in [0.15, 0.2) is 5.82 Å². The molecule has 0 bridgehead atoms. The third kappa shape index (κ3) is 2.82. The highest BCUT2D eigenvalue weighted by atomic mass is 32.2. The van der Waals surface area contributed by atoms with Crippen LogP contribution >= 0.6 is 0 Å². The molecule has 2 aromatic rings. The average molecular weight is 278 g/mol. The second-order valence-electron chi connectivity index (χ2n) is 4.60. The van der Waals surface area contributed by atoms with E-state index in [1.54, 1.807) is 18.3 Å². The molecule has 0 atom stereocenters. The Kier molecular flexibility index (Phi) is 3.08. The number of pyridine rings is 1. The first-order valence-corrected chi connectivity index (χ1v) is 7.59. The Morgan fingerprint density at radius 1 is 1.37 bits per heavy atom. The third-order valence-electron chi connectivity index (χ3n) is 3.01. The van der Waals surface area contributed by atoms with Gasteiger partial charge in [0.05, 0.1) is 12.4 Å². The van der Waals surface area contributed by atoms with Crippen molar-refractivity contribution in [1.82, 2.24) is 19.5 Å². The Morgan fingerprint density at radius 2 is 2.21 bits per heavy atom. The van der Waals surface area contributed by atoms with Gasteiger partial charge in [-0.25, -0.2) is 22.8 Å². The molecule has 0 aromatic carbocycles. The van der Waals surface area contributed by atoms with Gasteiger partial charge >= 0.3 is 0 Å². The van der Waals surface area contributed by atoms with E-state index in [1.165, 1.54) is 17.1 Å². The SMILES string of the molecule is O=S(=O)(NCC1CC1)c1cnn(-c2ccccn2)c1. The molecular weight excluding hydrogens is 264 g/mol. The van der Waals surface area contributed by atoms with Gasteiger partial charge < -0.3 is 0 Å². The molecular formula is C12H14N4O2S. The van der Waals surface area contributed by atoms with Gasteiger partial charge in [-0.05, 0) is 30.9 Å². The number of rotatable bonds is 5. The van der Waals surface area contributed by atoms with E-state index in [0.717, 1.165) is 12.8 Å². The molecule has 6 nitrogen and oxygen atoms in total. The van der Waals surface area contributed by atoms with Crippen LogP contribution in [0.3, 0.4) is 0 Å². The summed E-state index contributed by atoms with van der Waals surface area (Å²) in [6.45, 7) is 0.511. The number of nitrogens with zero attached hydrogens (tertiary/aromatic N) is 3. The molecule has 1 N–H and O–H groups in total. The van der Waals surface area contributed by atoms with Crippen LogP contribution in [0.4, 0.5) is 0 Å². The van der Waals surface area contributed by atoms with Crippen LogP contribution in [-0.2, 0) is 10.0 Å². The van der Waals surface area contributed by atoms with Crippen molar-refractivity contribution in [2.75, 3.05) is 6.54 Å². The van der Waals surface area contributed by atoms with Gasteiger partial charge in [0.2, 0.25) is 10.0 Å². The van der Waals surface area contributed by atoms with Gasteiger partial charge in [0.25, 0.3) is 0 Å². The normalized spacial score (nSPS) is 15.6. The molecule has 100 valence electrons. The quantitative estimate of drug-likeness (QED) is 0.883. The summed E-state index contributed by atoms with van der Waals surface area (Å²) >= 11 is 0. The Balaban J connectivity index is 1.80. The average Bonchev–Trinajstić information content (AvgIpc) is 3.11. The molecule has 0 saturated heterocycles. The summed E-state index contributed by atoms with van der Waals surface area (Å²) in [5.74, 6) is 1.09. The Hall–Kier alpha value is -1.73. The lowest BCUT2D eigenvalue weighted by Gasteiger charge is -2.02. The van der Waals surface area contributed by atoms with Crippen LogP contribution in [0, 0.1) is 5.92 Å². The number of hydrogen-bond donors (Lipinski definition) is 1. The topological polar surface area (TPSA) is 76.9 Å². The molecule has 3 rings (SSSR count). The summed E-state index contributed by atoms with van der Waals surface area (Å²) in [7, 11) is -3.46. The number of sulfonamides is 1. The third-order valence-corrected chi connectivity index (χ3v) is 4.39. The summed E-state index contributed by atoms with van der Waals surface area (Å²) in [6, 6.07) is 5.38. The van der Waals surface area contributed by atoms with Gasteiger partial charge in [-0.2, -0.15) is 5.10 Å². The van der Waals surface area contributed by atoms with Crippen LogP contribution in [-0.4, -0.2) is 29.7 Å². The fourth-order valence-corrected chi connectivity index (χ4v) is 2.74. The van der Waals surface area contributed by atoms with E-state index < -0.39 is 10.0 Å². The van der Waals surface area contributed by atoms with Crippen LogP contribution in [0.25, 0.3) is 5.82 Å². The van der Waals surface area contributed by atoms with Crippen molar-refractivity contribution in [3.8, 4) is 5.82 Å². The van der Waals surface area contributed by atoms with Crippen LogP contribution in [0.1, 0.15) is 12.8 Å². The summed E-state index contributed by atoms with van der Waals surface area (Å²) in [5, 5.41) is 4.03.